The van der Waals surface area contributed by atoms with E-state index in [1.165, 1.54) is 0 Å². The third kappa shape index (κ3) is 4.57. The van der Waals surface area contributed by atoms with Crippen molar-refractivity contribution < 1.29 is 18.6 Å². The van der Waals surface area contributed by atoms with E-state index in [9.17, 15) is 9.59 Å². The molecule has 0 saturated heterocycles. The molecule has 0 atom stereocenters. The first-order valence-corrected chi connectivity index (χ1v) is 10.5. The fourth-order valence-electron chi connectivity index (χ4n) is 3.91. The molecule has 33 heavy (non-hydrogen) atoms. The molecule has 1 aliphatic heterocycles. The topological polar surface area (TPSA) is 122 Å². The average molecular weight is 447 g/mol. The van der Waals surface area contributed by atoms with Gasteiger partial charge in [0.2, 0.25) is 0 Å². The van der Waals surface area contributed by atoms with Crippen LogP contribution in [0.2, 0.25) is 0 Å². The van der Waals surface area contributed by atoms with E-state index in [4.69, 9.17) is 9.05 Å². The Hall–Kier alpha value is -4.14. The molecule has 0 fully saturated rings. The number of dihydropyridines is 1. The van der Waals surface area contributed by atoms with Gasteiger partial charge in [0.15, 0.2) is 11.6 Å². The summed E-state index contributed by atoms with van der Waals surface area (Å²) in [7, 11) is 0. The van der Waals surface area contributed by atoms with Crippen LogP contribution in [0.3, 0.4) is 0 Å². The van der Waals surface area contributed by atoms with E-state index in [0.717, 1.165) is 11.1 Å². The lowest BCUT2D eigenvalue weighted by Gasteiger charge is -2.31. The fraction of sp³-hybridized carbons (Fsp3) is 0.250. The van der Waals surface area contributed by atoms with Crippen LogP contribution >= 0.6 is 0 Å². The molecule has 0 saturated carbocycles. The van der Waals surface area contributed by atoms with Gasteiger partial charge < -0.3 is 25.0 Å². The van der Waals surface area contributed by atoms with Gasteiger partial charge in [-0.15, -0.1) is 0 Å². The fourth-order valence-corrected chi connectivity index (χ4v) is 3.91. The predicted octanol–water partition coefficient (Wildman–Crippen LogP) is 4.10. The van der Waals surface area contributed by atoms with Crippen LogP contribution in [-0.2, 0) is 9.59 Å². The summed E-state index contributed by atoms with van der Waals surface area (Å²) in [6, 6.07) is 11.0. The van der Waals surface area contributed by atoms with E-state index in [-0.39, 0.29) is 11.8 Å². The molecular formula is C24H25N5O4. The number of nitrogens with one attached hydrogen (secondary N) is 3. The molecule has 1 aromatic carbocycles. The molecule has 3 heterocycles. The van der Waals surface area contributed by atoms with Gasteiger partial charge in [0.25, 0.3) is 11.8 Å². The van der Waals surface area contributed by atoms with E-state index in [2.05, 4.69) is 26.3 Å². The van der Waals surface area contributed by atoms with Gasteiger partial charge in [-0.3, -0.25) is 9.59 Å². The van der Waals surface area contributed by atoms with Crippen molar-refractivity contribution in [1.82, 2.24) is 15.6 Å². The maximum Gasteiger partial charge on any atom is 0.255 e. The molecular weight excluding hydrogens is 422 g/mol. The van der Waals surface area contributed by atoms with Gasteiger partial charge in [0.05, 0.1) is 0 Å². The molecule has 9 nitrogen and oxygen atoms in total. The minimum atomic E-state index is -0.618. The second kappa shape index (κ2) is 8.78. The number of allylic oxidation sites excluding steroid dienone is 2. The van der Waals surface area contributed by atoms with Crippen LogP contribution in [0, 0.1) is 20.8 Å². The zero-order valence-electron chi connectivity index (χ0n) is 19.1. The number of carbonyl (C=O) groups excluding carboxylic acids is 2. The molecule has 0 aliphatic carbocycles. The molecule has 9 heteroatoms. The quantitative estimate of drug-likeness (QED) is 0.538. The standard InChI is InChI=1S/C24H25N5O4/c1-12-6-8-17(9-7-12)22-20(23(30)26-18-10-13(2)32-28-18)15(4)25-16(5)21(22)24(31)27-19-11-14(3)33-29-19/h6-11,22,25H,1-5H3,(H,26,28,30)(H,27,29,31). The Balaban J connectivity index is 1.75. The van der Waals surface area contributed by atoms with Gasteiger partial charge in [0.1, 0.15) is 11.5 Å². The zero-order valence-corrected chi connectivity index (χ0v) is 19.1. The van der Waals surface area contributed by atoms with Crippen LogP contribution in [0.15, 0.2) is 68.0 Å². The van der Waals surface area contributed by atoms with Crippen LogP contribution in [0.1, 0.15) is 42.4 Å². The van der Waals surface area contributed by atoms with Crippen molar-refractivity contribution in [3.05, 3.63) is 81.6 Å². The molecule has 3 N–H and O–H groups in total. The number of carbonyl (C=O) groups is 2. The lowest BCUT2D eigenvalue weighted by Crippen LogP contribution is -2.35. The monoisotopic (exact) mass is 447 g/mol. The maximum atomic E-state index is 13.4. The number of benzene rings is 1. The Bertz CT molecular complexity index is 1200. The smallest absolute Gasteiger partial charge is 0.255 e. The normalized spacial score (nSPS) is 14.3. The summed E-state index contributed by atoms with van der Waals surface area (Å²) in [4.78, 5) is 26.8. The SMILES string of the molecule is CC1=C(C(=O)Nc2cc(C)on2)C(c2ccc(C)cc2)C(C(=O)Nc2cc(C)on2)=C(C)N1. The van der Waals surface area contributed by atoms with Crippen molar-refractivity contribution in [2.45, 2.75) is 40.5 Å². The summed E-state index contributed by atoms with van der Waals surface area (Å²) >= 11 is 0. The highest BCUT2D eigenvalue weighted by atomic mass is 16.5. The van der Waals surface area contributed by atoms with E-state index >= 15 is 0 Å². The van der Waals surface area contributed by atoms with Gasteiger partial charge in [-0.25, -0.2) is 0 Å². The second-order valence-corrected chi connectivity index (χ2v) is 8.10. The van der Waals surface area contributed by atoms with Crippen LogP contribution in [0.4, 0.5) is 11.6 Å². The number of hydrogen-bond donors (Lipinski definition) is 3. The summed E-state index contributed by atoms with van der Waals surface area (Å²) in [5.41, 5.74) is 3.98. The maximum absolute atomic E-state index is 13.4. The molecule has 2 aromatic heterocycles. The number of amides is 2. The van der Waals surface area contributed by atoms with Crippen molar-refractivity contribution in [2.24, 2.45) is 0 Å². The third-order valence-corrected chi connectivity index (χ3v) is 5.40. The van der Waals surface area contributed by atoms with Crippen LogP contribution in [0.5, 0.6) is 0 Å². The number of nitrogens with zero attached hydrogens (tertiary/aromatic N) is 2. The highest BCUT2D eigenvalue weighted by Crippen LogP contribution is 2.39. The highest BCUT2D eigenvalue weighted by Gasteiger charge is 2.37. The Kier molecular flexibility index (Phi) is 5.87. The van der Waals surface area contributed by atoms with Gasteiger partial charge in [0, 0.05) is 40.6 Å². The molecule has 170 valence electrons. The van der Waals surface area contributed by atoms with E-state index in [0.29, 0.717) is 45.7 Å². The zero-order chi connectivity index (χ0) is 23.7. The molecule has 0 radical (unpaired) electrons. The van der Waals surface area contributed by atoms with Crippen molar-refractivity contribution in [3.63, 3.8) is 0 Å². The summed E-state index contributed by atoms with van der Waals surface area (Å²) in [5.74, 6) is 0.375. The van der Waals surface area contributed by atoms with Crippen LogP contribution < -0.4 is 16.0 Å². The lowest BCUT2D eigenvalue weighted by molar-refractivity contribution is -0.113. The number of rotatable bonds is 5. The number of hydrogen-bond acceptors (Lipinski definition) is 7. The van der Waals surface area contributed by atoms with Crippen LogP contribution in [0.25, 0.3) is 0 Å². The molecule has 2 amide bonds. The molecule has 0 bridgehead atoms. The minimum Gasteiger partial charge on any atom is -0.362 e. The Labute approximate surface area is 190 Å². The highest BCUT2D eigenvalue weighted by molar-refractivity contribution is 6.11. The summed E-state index contributed by atoms with van der Waals surface area (Å²) in [5, 5.41) is 16.4. The lowest BCUT2D eigenvalue weighted by atomic mass is 9.79. The van der Waals surface area contributed by atoms with Crippen molar-refractivity contribution >= 4 is 23.5 Å². The Morgan fingerprint density at radius 2 is 1.24 bits per heavy atom. The average Bonchev–Trinajstić information content (AvgIpc) is 3.35. The van der Waals surface area contributed by atoms with Crippen LogP contribution in [-0.4, -0.2) is 22.1 Å². The first kappa shape index (κ1) is 22.1. The molecule has 0 unspecified atom stereocenters. The second-order valence-electron chi connectivity index (χ2n) is 8.10. The van der Waals surface area contributed by atoms with Gasteiger partial charge >= 0.3 is 0 Å². The summed E-state index contributed by atoms with van der Waals surface area (Å²) in [6.45, 7) is 9.08. The third-order valence-electron chi connectivity index (χ3n) is 5.40. The Morgan fingerprint density at radius 1 is 0.788 bits per heavy atom. The van der Waals surface area contributed by atoms with Gasteiger partial charge in [-0.1, -0.05) is 40.1 Å². The van der Waals surface area contributed by atoms with E-state index in [1.54, 1.807) is 26.0 Å². The largest absolute Gasteiger partial charge is 0.362 e. The van der Waals surface area contributed by atoms with Crippen molar-refractivity contribution in [1.29, 1.82) is 0 Å². The van der Waals surface area contributed by atoms with E-state index in [1.807, 2.05) is 45.0 Å². The molecule has 1 aliphatic rings. The Morgan fingerprint density at radius 3 is 1.64 bits per heavy atom. The van der Waals surface area contributed by atoms with Crippen molar-refractivity contribution in [3.8, 4) is 0 Å². The molecule has 4 rings (SSSR count). The summed E-state index contributed by atoms with van der Waals surface area (Å²) in [6.07, 6.45) is 0. The molecule has 0 spiro atoms. The first-order chi connectivity index (χ1) is 15.7. The number of aryl methyl sites for hydroxylation is 3. The van der Waals surface area contributed by atoms with E-state index < -0.39 is 5.92 Å². The number of anilines is 2. The predicted molar refractivity (Wildman–Crippen MR) is 122 cm³/mol. The molecule has 3 aromatic rings. The van der Waals surface area contributed by atoms with Gasteiger partial charge in [-0.2, -0.15) is 0 Å². The van der Waals surface area contributed by atoms with Crippen molar-refractivity contribution in [2.75, 3.05) is 10.6 Å². The minimum absolute atomic E-state index is 0.302. The first-order valence-electron chi connectivity index (χ1n) is 10.5. The number of aromatic nitrogens is 2. The summed E-state index contributed by atoms with van der Waals surface area (Å²) < 4.78 is 10.1. The van der Waals surface area contributed by atoms with Gasteiger partial charge in [-0.05, 0) is 40.2 Å².